The fraction of sp³-hybridized carbons (Fsp3) is 0.125. The molecule has 0 aromatic heterocycles. The quantitative estimate of drug-likeness (QED) is 0.840. The standard InChI is InChI=1S/C16H14N2O3/c17-15(19)11-18(16(20)21)10-4-8-13-7-3-6-12-5-1-2-9-14(12)13/h1-3,5-7,9H,10-11H2,(H2,17,19)(H,20,21). The van der Waals surface area contributed by atoms with Gasteiger partial charge in [0.05, 0.1) is 6.54 Å². The number of amides is 2. The Morgan fingerprint density at radius 1 is 1.14 bits per heavy atom. The summed E-state index contributed by atoms with van der Waals surface area (Å²) in [6, 6.07) is 13.5. The number of nitrogens with zero attached hydrogens (tertiary/aromatic N) is 1. The molecule has 2 amide bonds. The van der Waals surface area contributed by atoms with Crippen molar-refractivity contribution < 1.29 is 14.7 Å². The zero-order chi connectivity index (χ0) is 15.2. The number of carbonyl (C=O) groups excluding carboxylic acids is 1. The number of rotatable bonds is 3. The summed E-state index contributed by atoms with van der Waals surface area (Å²) < 4.78 is 0. The number of nitrogens with two attached hydrogens (primary N) is 1. The van der Waals surface area contributed by atoms with E-state index in [0.29, 0.717) is 0 Å². The predicted molar refractivity (Wildman–Crippen MR) is 79.6 cm³/mol. The summed E-state index contributed by atoms with van der Waals surface area (Å²) in [6.07, 6.45) is -1.22. The van der Waals surface area contributed by atoms with Gasteiger partial charge in [-0.1, -0.05) is 48.2 Å². The Balaban J connectivity index is 2.21. The molecule has 2 rings (SSSR count). The van der Waals surface area contributed by atoms with E-state index in [9.17, 15) is 9.59 Å². The molecule has 0 atom stereocenters. The maximum Gasteiger partial charge on any atom is 0.408 e. The van der Waals surface area contributed by atoms with Crippen LogP contribution in [-0.2, 0) is 4.79 Å². The molecule has 106 valence electrons. The highest BCUT2D eigenvalue weighted by molar-refractivity contribution is 5.88. The molecular weight excluding hydrogens is 268 g/mol. The molecule has 2 aromatic carbocycles. The van der Waals surface area contributed by atoms with Crippen LogP contribution < -0.4 is 5.73 Å². The Bertz CT molecular complexity index is 739. The summed E-state index contributed by atoms with van der Waals surface area (Å²) in [5.74, 6) is 5.00. The number of fused-ring (bicyclic) bond motifs is 1. The smallest absolute Gasteiger partial charge is 0.408 e. The van der Waals surface area contributed by atoms with Crippen molar-refractivity contribution in [3.8, 4) is 11.8 Å². The lowest BCUT2D eigenvalue weighted by Gasteiger charge is -2.13. The molecule has 0 saturated carbocycles. The number of benzene rings is 2. The lowest BCUT2D eigenvalue weighted by Crippen LogP contribution is -2.37. The van der Waals surface area contributed by atoms with E-state index in [0.717, 1.165) is 21.2 Å². The van der Waals surface area contributed by atoms with E-state index in [-0.39, 0.29) is 13.1 Å². The second-order valence-electron chi connectivity index (χ2n) is 4.43. The van der Waals surface area contributed by atoms with E-state index >= 15 is 0 Å². The lowest BCUT2D eigenvalue weighted by molar-refractivity contribution is -0.118. The van der Waals surface area contributed by atoms with E-state index in [1.165, 1.54) is 0 Å². The molecule has 0 saturated heterocycles. The van der Waals surface area contributed by atoms with Crippen LogP contribution in [0.4, 0.5) is 4.79 Å². The SMILES string of the molecule is NC(=O)CN(CC#Cc1cccc2ccccc12)C(=O)O. The third-order valence-electron chi connectivity index (χ3n) is 2.90. The summed E-state index contributed by atoms with van der Waals surface area (Å²) in [5.41, 5.74) is 5.81. The zero-order valence-corrected chi connectivity index (χ0v) is 11.2. The summed E-state index contributed by atoms with van der Waals surface area (Å²) in [5, 5.41) is 11.0. The molecule has 21 heavy (non-hydrogen) atoms. The van der Waals surface area contributed by atoms with Crippen LogP contribution in [0.1, 0.15) is 5.56 Å². The highest BCUT2D eigenvalue weighted by atomic mass is 16.4. The number of carbonyl (C=O) groups is 2. The van der Waals surface area contributed by atoms with Gasteiger partial charge >= 0.3 is 6.09 Å². The first kappa shape index (κ1) is 14.4. The molecule has 3 N–H and O–H groups in total. The molecule has 0 aliphatic rings. The molecule has 0 radical (unpaired) electrons. The van der Waals surface area contributed by atoms with E-state index < -0.39 is 12.0 Å². The van der Waals surface area contributed by atoms with Crippen LogP contribution in [0.5, 0.6) is 0 Å². The van der Waals surface area contributed by atoms with Gasteiger partial charge in [-0.3, -0.25) is 9.69 Å². The number of primary amides is 1. The molecule has 0 fully saturated rings. The van der Waals surface area contributed by atoms with E-state index in [1.54, 1.807) is 0 Å². The zero-order valence-electron chi connectivity index (χ0n) is 11.2. The van der Waals surface area contributed by atoms with Gasteiger partial charge in [0.2, 0.25) is 5.91 Å². The number of hydrogen-bond donors (Lipinski definition) is 2. The Kier molecular flexibility index (Phi) is 4.42. The van der Waals surface area contributed by atoms with Crippen molar-refractivity contribution in [3.63, 3.8) is 0 Å². The van der Waals surface area contributed by atoms with Gasteiger partial charge in [-0.15, -0.1) is 0 Å². The first-order valence-electron chi connectivity index (χ1n) is 6.31. The average Bonchev–Trinajstić information content (AvgIpc) is 2.46. The van der Waals surface area contributed by atoms with Crippen LogP contribution in [0.2, 0.25) is 0 Å². The highest BCUT2D eigenvalue weighted by Crippen LogP contribution is 2.17. The maximum atomic E-state index is 10.9. The van der Waals surface area contributed by atoms with Gasteiger partial charge in [0.25, 0.3) is 0 Å². The summed E-state index contributed by atoms with van der Waals surface area (Å²) in [6.45, 7) is -0.430. The van der Waals surface area contributed by atoms with Crippen LogP contribution in [-0.4, -0.2) is 35.1 Å². The normalized spacial score (nSPS) is 9.71. The molecule has 0 bridgehead atoms. The molecule has 5 nitrogen and oxygen atoms in total. The minimum Gasteiger partial charge on any atom is -0.465 e. The highest BCUT2D eigenvalue weighted by Gasteiger charge is 2.12. The van der Waals surface area contributed by atoms with Crippen LogP contribution >= 0.6 is 0 Å². The third-order valence-corrected chi connectivity index (χ3v) is 2.90. The van der Waals surface area contributed by atoms with Crippen LogP contribution in [0, 0.1) is 11.8 Å². The van der Waals surface area contributed by atoms with Crippen molar-refractivity contribution in [3.05, 3.63) is 48.0 Å². The topological polar surface area (TPSA) is 83.6 Å². The van der Waals surface area contributed by atoms with E-state index in [2.05, 4.69) is 11.8 Å². The molecule has 5 heteroatoms. The lowest BCUT2D eigenvalue weighted by atomic mass is 10.1. The van der Waals surface area contributed by atoms with Crippen molar-refractivity contribution in [1.29, 1.82) is 0 Å². The van der Waals surface area contributed by atoms with Gasteiger partial charge in [-0.25, -0.2) is 4.79 Å². The minimum atomic E-state index is -1.22. The number of hydrogen-bond acceptors (Lipinski definition) is 2. The van der Waals surface area contributed by atoms with Crippen molar-refractivity contribution in [2.75, 3.05) is 13.1 Å². The second-order valence-corrected chi connectivity index (χ2v) is 4.43. The minimum absolute atomic E-state index is 0.0680. The Morgan fingerprint density at radius 3 is 2.57 bits per heavy atom. The molecule has 0 aliphatic carbocycles. The van der Waals surface area contributed by atoms with E-state index in [1.807, 2.05) is 42.5 Å². The van der Waals surface area contributed by atoms with Gasteiger partial charge in [-0.2, -0.15) is 0 Å². The predicted octanol–water partition coefficient (Wildman–Crippen LogP) is 1.66. The molecule has 0 spiro atoms. The fourth-order valence-corrected chi connectivity index (χ4v) is 1.94. The Labute approximate surface area is 122 Å². The third kappa shape index (κ3) is 3.74. The van der Waals surface area contributed by atoms with Gasteiger partial charge in [0.15, 0.2) is 0 Å². The molecule has 0 heterocycles. The van der Waals surface area contributed by atoms with Crippen LogP contribution in [0.25, 0.3) is 10.8 Å². The van der Waals surface area contributed by atoms with Crippen molar-refractivity contribution in [2.45, 2.75) is 0 Å². The number of carboxylic acid groups (broad SMARTS) is 1. The van der Waals surface area contributed by atoms with Crippen molar-refractivity contribution in [1.82, 2.24) is 4.90 Å². The van der Waals surface area contributed by atoms with Crippen LogP contribution in [0.3, 0.4) is 0 Å². The van der Waals surface area contributed by atoms with Gasteiger partial charge < -0.3 is 10.8 Å². The molecule has 2 aromatic rings. The van der Waals surface area contributed by atoms with Crippen molar-refractivity contribution >= 4 is 22.8 Å². The van der Waals surface area contributed by atoms with Crippen LogP contribution in [0.15, 0.2) is 42.5 Å². The summed E-state index contributed by atoms with van der Waals surface area (Å²) in [4.78, 5) is 22.6. The van der Waals surface area contributed by atoms with Gasteiger partial charge in [0.1, 0.15) is 6.54 Å². The monoisotopic (exact) mass is 282 g/mol. The second kappa shape index (κ2) is 6.44. The molecule has 0 unspecified atom stereocenters. The Morgan fingerprint density at radius 2 is 1.86 bits per heavy atom. The molecular formula is C16H14N2O3. The van der Waals surface area contributed by atoms with Crippen molar-refractivity contribution in [2.24, 2.45) is 5.73 Å². The summed E-state index contributed by atoms with van der Waals surface area (Å²) >= 11 is 0. The molecule has 0 aliphatic heterocycles. The first-order valence-corrected chi connectivity index (χ1v) is 6.31. The Hall–Kier alpha value is -3.00. The fourth-order valence-electron chi connectivity index (χ4n) is 1.94. The largest absolute Gasteiger partial charge is 0.465 e. The average molecular weight is 282 g/mol. The van der Waals surface area contributed by atoms with Gasteiger partial charge in [0, 0.05) is 5.56 Å². The first-order chi connectivity index (χ1) is 10.1. The summed E-state index contributed by atoms with van der Waals surface area (Å²) in [7, 11) is 0. The van der Waals surface area contributed by atoms with E-state index in [4.69, 9.17) is 10.8 Å². The maximum absolute atomic E-state index is 10.9. The van der Waals surface area contributed by atoms with Gasteiger partial charge in [-0.05, 0) is 16.8 Å².